The van der Waals surface area contributed by atoms with Crippen molar-refractivity contribution in [3.8, 4) is 11.5 Å². The van der Waals surface area contributed by atoms with Crippen LogP contribution < -0.4 is 25.4 Å². The van der Waals surface area contributed by atoms with Crippen LogP contribution in [0.3, 0.4) is 0 Å². The lowest BCUT2D eigenvalue weighted by Crippen LogP contribution is -2.33. The first-order chi connectivity index (χ1) is 18.0. The van der Waals surface area contributed by atoms with Gasteiger partial charge in [-0.1, -0.05) is 66.7 Å². The first-order valence-corrected chi connectivity index (χ1v) is 11.8. The van der Waals surface area contributed by atoms with Crippen molar-refractivity contribution < 1.29 is 19.1 Å². The molecule has 1 aliphatic heterocycles. The van der Waals surface area contributed by atoms with E-state index >= 15 is 0 Å². The number of dihydropyridines is 1. The predicted octanol–water partition coefficient (Wildman–Crippen LogP) is 5.37. The van der Waals surface area contributed by atoms with Crippen LogP contribution in [0.25, 0.3) is 6.08 Å². The summed E-state index contributed by atoms with van der Waals surface area (Å²) >= 11 is 0. The summed E-state index contributed by atoms with van der Waals surface area (Å²) in [4.78, 5) is 27.1. The summed E-state index contributed by atoms with van der Waals surface area (Å²) in [5.74, 6) is -0.232. The second-order valence-electron chi connectivity index (χ2n) is 8.34. The normalized spacial score (nSPS) is 15.0. The van der Waals surface area contributed by atoms with E-state index in [1.165, 1.54) is 0 Å². The van der Waals surface area contributed by atoms with Gasteiger partial charge in [0, 0.05) is 29.0 Å². The monoisotopic (exact) mass is 495 g/mol. The Morgan fingerprint density at radius 1 is 0.784 bits per heavy atom. The summed E-state index contributed by atoms with van der Waals surface area (Å²) in [6.45, 7) is 1.81. The molecule has 0 aromatic heterocycles. The highest BCUT2D eigenvalue weighted by atomic mass is 16.5. The van der Waals surface area contributed by atoms with Gasteiger partial charge in [0.15, 0.2) is 0 Å². The van der Waals surface area contributed by atoms with Crippen LogP contribution in [-0.4, -0.2) is 26.0 Å². The molecule has 1 atom stereocenters. The number of benzene rings is 3. The van der Waals surface area contributed by atoms with E-state index in [4.69, 9.17) is 9.47 Å². The van der Waals surface area contributed by atoms with E-state index in [-0.39, 0.29) is 11.8 Å². The Bertz CT molecular complexity index is 1380. The molecular weight excluding hydrogens is 466 g/mol. The number of anilines is 2. The molecule has 1 aliphatic rings. The van der Waals surface area contributed by atoms with Crippen molar-refractivity contribution in [2.24, 2.45) is 5.92 Å². The Morgan fingerprint density at radius 3 is 1.92 bits per heavy atom. The van der Waals surface area contributed by atoms with E-state index in [9.17, 15) is 9.59 Å². The van der Waals surface area contributed by atoms with Crippen LogP contribution in [0, 0.1) is 5.92 Å². The van der Waals surface area contributed by atoms with Gasteiger partial charge >= 0.3 is 0 Å². The number of hydrogen-bond acceptors (Lipinski definition) is 5. The number of allylic oxidation sites excluding steroid dienone is 2. The first-order valence-electron chi connectivity index (χ1n) is 11.8. The van der Waals surface area contributed by atoms with Crippen LogP contribution in [0.5, 0.6) is 11.5 Å². The second-order valence-corrected chi connectivity index (χ2v) is 8.34. The first kappa shape index (κ1) is 25.3. The number of rotatable bonds is 8. The number of nitrogens with one attached hydrogen (secondary N) is 3. The summed E-state index contributed by atoms with van der Waals surface area (Å²) < 4.78 is 10.8. The van der Waals surface area contributed by atoms with Crippen molar-refractivity contribution in [3.05, 3.63) is 114 Å². The third kappa shape index (κ3) is 5.90. The SMILES string of the molecule is COc1ccccc1NC(=O)C1=CNC(C)=C(C(=O)Nc2ccccc2OC)[C@H]1/C=C\c1ccccc1. The summed E-state index contributed by atoms with van der Waals surface area (Å²) in [6.07, 6.45) is 5.41. The van der Waals surface area contributed by atoms with Gasteiger partial charge in [0.1, 0.15) is 11.5 Å². The average molecular weight is 496 g/mol. The maximum absolute atomic E-state index is 13.6. The van der Waals surface area contributed by atoms with Crippen LogP contribution in [0.4, 0.5) is 11.4 Å². The molecule has 0 unspecified atom stereocenters. The molecule has 0 aliphatic carbocycles. The lowest BCUT2D eigenvalue weighted by atomic mass is 9.85. The zero-order valence-corrected chi connectivity index (χ0v) is 20.9. The summed E-state index contributed by atoms with van der Waals surface area (Å²) in [5, 5.41) is 8.96. The number of amides is 2. The minimum atomic E-state index is -0.620. The van der Waals surface area contributed by atoms with E-state index in [1.54, 1.807) is 44.7 Å². The van der Waals surface area contributed by atoms with Crippen LogP contribution in [-0.2, 0) is 9.59 Å². The Hall–Kier alpha value is -4.78. The second kappa shape index (κ2) is 11.8. The topological polar surface area (TPSA) is 88.7 Å². The van der Waals surface area contributed by atoms with Crippen LogP contribution in [0.1, 0.15) is 12.5 Å². The Balaban J connectivity index is 1.69. The van der Waals surface area contributed by atoms with Gasteiger partial charge in [-0.25, -0.2) is 0 Å². The van der Waals surface area contributed by atoms with Gasteiger partial charge in [-0.15, -0.1) is 0 Å². The van der Waals surface area contributed by atoms with E-state index in [0.29, 0.717) is 39.7 Å². The molecule has 0 spiro atoms. The Labute approximate surface area is 216 Å². The third-order valence-electron chi connectivity index (χ3n) is 5.99. The van der Waals surface area contributed by atoms with Crippen LogP contribution in [0.15, 0.2) is 108 Å². The largest absolute Gasteiger partial charge is 0.495 e. The minimum Gasteiger partial charge on any atom is -0.495 e. The predicted molar refractivity (Wildman–Crippen MR) is 146 cm³/mol. The zero-order chi connectivity index (χ0) is 26.2. The molecule has 3 aromatic carbocycles. The van der Waals surface area contributed by atoms with Gasteiger partial charge < -0.3 is 25.4 Å². The van der Waals surface area contributed by atoms with Crippen LogP contribution >= 0.6 is 0 Å². The van der Waals surface area contributed by atoms with Gasteiger partial charge in [-0.3, -0.25) is 9.59 Å². The number of carbonyl (C=O) groups is 2. The number of methoxy groups -OCH3 is 2. The van der Waals surface area contributed by atoms with Crippen molar-refractivity contribution in [2.75, 3.05) is 24.9 Å². The van der Waals surface area contributed by atoms with E-state index in [2.05, 4.69) is 16.0 Å². The highest BCUT2D eigenvalue weighted by Crippen LogP contribution is 2.33. The molecule has 7 nitrogen and oxygen atoms in total. The van der Waals surface area contributed by atoms with Gasteiger partial charge in [0.2, 0.25) is 0 Å². The fourth-order valence-corrected chi connectivity index (χ4v) is 4.11. The molecule has 3 N–H and O–H groups in total. The summed E-state index contributed by atoms with van der Waals surface area (Å²) in [5.41, 5.74) is 3.47. The van der Waals surface area contributed by atoms with Crippen molar-refractivity contribution in [1.82, 2.24) is 5.32 Å². The van der Waals surface area contributed by atoms with Crippen molar-refractivity contribution >= 4 is 29.3 Å². The fourth-order valence-electron chi connectivity index (χ4n) is 4.11. The van der Waals surface area contributed by atoms with Gasteiger partial charge in [-0.05, 0) is 36.8 Å². The molecule has 188 valence electrons. The molecule has 4 rings (SSSR count). The number of para-hydroxylation sites is 4. The lowest BCUT2D eigenvalue weighted by molar-refractivity contribution is -0.113. The van der Waals surface area contributed by atoms with E-state index in [1.807, 2.05) is 73.7 Å². The zero-order valence-electron chi connectivity index (χ0n) is 20.9. The molecule has 0 radical (unpaired) electrons. The average Bonchev–Trinajstić information content (AvgIpc) is 2.92. The van der Waals surface area contributed by atoms with Crippen molar-refractivity contribution in [3.63, 3.8) is 0 Å². The van der Waals surface area contributed by atoms with Crippen molar-refractivity contribution in [1.29, 1.82) is 0 Å². The lowest BCUT2D eigenvalue weighted by Gasteiger charge is -2.27. The highest BCUT2D eigenvalue weighted by Gasteiger charge is 2.32. The molecular formula is C30H29N3O4. The van der Waals surface area contributed by atoms with Crippen LogP contribution in [0.2, 0.25) is 0 Å². The maximum Gasteiger partial charge on any atom is 0.254 e. The molecule has 2 amide bonds. The fraction of sp³-hybridized carbons (Fsp3) is 0.133. The number of ether oxygens (including phenoxy) is 2. The molecule has 3 aromatic rings. The van der Waals surface area contributed by atoms with Gasteiger partial charge in [-0.2, -0.15) is 0 Å². The van der Waals surface area contributed by atoms with E-state index < -0.39 is 5.92 Å². The highest BCUT2D eigenvalue weighted by molar-refractivity contribution is 6.11. The molecule has 0 saturated heterocycles. The maximum atomic E-state index is 13.6. The van der Waals surface area contributed by atoms with Gasteiger partial charge in [0.25, 0.3) is 11.8 Å². The minimum absolute atomic E-state index is 0.340. The van der Waals surface area contributed by atoms with Gasteiger partial charge in [0.05, 0.1) is 25.6 Å². The third-order valence-corrected chi connectivity index (χ3v) is 5.99. The smallest absolute Gasteiger partial charge is 0.254 e. The van der Waals surface area contributed by atoms with E-state index in [0.717, 1.165) is 5.56 Å². The molecule has 7 heteroatoms. The molecule has 0 bridgehead atoms. The molecule has 0 fully saturated rings. The number of carbonyl (C=O) groups excluding carboxylic acids is 2. The molecule has 1 heterocycles. The molecule has 37 heavy (non-hydrogen) atoms. The summed E-state index contributed by atoms with van der Waals surface area (Å²) in [7, 11) is 3.09. The van der Waals surface area contributed by atoms with Crippen molar-refractivity contribution in [2.45, 2.75) is 6.92 Å². The Kier molecular flexibility index (Phi) is 8.05. The number of hydrogen-bond donors (Lipinski definition) is 3. The standard InChI is InChI=1S/C30H29N3O4/c1-20-28(30(35)33-25-14-8-10-16-27(25)37-3)22(18-17-21-11-5-4-6-12-21)23(19-31-20)29(34)32-24-13-7-9-15-26(24)36-2/h4-19,22,31H,1-3H3,(H,32,34)(H,33,35)/b18-17-/t22-/m0/s1. The Morgan fingerprint density at radius 2 is 1.32 bits per heavy atom. The quantitative estimate of drug-likeness (QED) is 0.391. The molecule has 0 saturated carbocycles. The summed E-state index contributed by atoms with van der Waals surface area (Å²) in [6, 6.07) is 24.1.